The van der Waals surface area contributed by atoms with Crippen LogP contribution < -0.4 is 5.32 Å². The van der Waals surface area contributed by atoms with Crippen LogP contribution in [0.25, 0.3) is 0 Å². The molecule has 0 aliphatic carbocycles. The highest BCUT2D eigenvalue weighted by Gasteiger charge is 2.13. The first-order chi connectivity index (χ1) is 6.54. The lowest BCUT2D eigenvalue weighted by molar-refractivity contribution is 0.0948. The minimum absolute atomic E-state index is 0.0339. The van der Waals surface area contributed by atoms with E-state index in [1.165, 1.54) is 11.3 Å². The Balaban J connectivity index is 2.70. The van der Waals surface area contributed by atoms with Gasteiger partial charge in [0, 0.05) is 15.8 Å². The monoisotopic (exact) mass is 403 g/mol. The molecule has 1 unspecified atom stereocenters. The molecule has 0 radical (unpaired) electrons. The Morgan fingerprint density at radius 2 is 2.29 bits per heavy atom. The highest BCUT2D eigenvalue weighted by molar-refractivity contribution is 9.13. The van der Waals surface area contributed by atoms with Gasteiger partial charge in [0.05, 0.1) is 8.66 Å². The van der Waals surface area contributed by atoms with E-state index in [4.69, 9.17) is 0 Å². The second-order valence-electron chi connectivity index (χ2n) is 2.76. The molecule has 0 aliphatic rings. The summed E-state index contributed by atoms with van der Waals surface area (Å²) in [5, 5.41) is 3.63. The Kier molecular flexibility index (Phi) is 5.10. The molecule has 0 fully saturated rings. The number of halogens is 3. The molecule has 0 aliphatic heterocycles. The van der Waals surface area contributed by atoms with Gasteiger partial charge < -0.3 is 5.32 Å². The van der Waals surface area contributed by atoms with Gasteiger partial charge in [-0.2, -0.15) is 0 Å². The highest BCUT2D eigenvalue weighted by Crippen LogP contribution is 2.32. The van der Waals surface area contributed by atoms with Crippen molar-refractivity contribution in [2.24, 2.45) is 0 Å². The predicted molar refractivity (Wildman–Crippen MR) is 70.4 cm³/mol. The number of rotatable bonds is 3. The summed E-state index contributed by atoms with van der Waals surface area (Å²) in [4.78, 5) is 12.3. The minimum Gasteiger partial charge on any atom is -0.348 e. The third kappa shape index (κ3) is 3.32. The summed E-state index contributed by atoms with van der Waals surface area (Å²) in [5.41, 5.74) is 0. The van der Waals surface area contributed by atoms with Crippen molar-refractivity contribution in [3.8, 4) is 0 Å². The van der Waals surface area contributed by atoms with Crippen LogP contribution in [-0.2, 0) is 0 Å². The van der Waals surface area contributed by atoms with E-state index < -0.39 is 0 Å². The van der Waals surface area contributed by atoms with Gasteiger partial charge in [0.25, 0.3) is 5.91 Å². The maximum atomic E-state index is 11.6. The van der Waals surface area contributed by atoms with Crippen LogP contribution in [0.5, 0.6) is 0 Å². The van der Waals surface area contributed by atoms with Crippen LogP contribution in [0.15, 0.2) is 14.3 Å². The van der Waals surface area contributed by atoms with Crippen molar-refractivity contribution in [2.45, 2.75) is 13.0 Å². The molecule has 0 aromatic carbocycles. The van der Waals surface area contributed by atoms with Crippen molar-refractivity contribution in [1.82, 2.24) is 5.32 Å². The maximum absolute atomic E-state index is 11.6. The molecule has 1 heterocycles. The third-order valence-electron chi connectivity index (χ3n) is 1.48. The summed E-state index contributed by atoms with van der Waals surface area (Å²) in [6.07, 6.45) is 0. The number of hydrogen-bond donors (Lipinski definition) is 1. The summed E-state index contributed by atoms with van der Waals surface area (Å²) in [6, 6.07) is 1.95. The van der Waals surface area contributed by atoms with E-state index in [0.717, 1.165) is 13.6 Å². The first kappa shape index (κ1) is 12.7. The molecule has 1 N–H and O–H groups in total. The number of alkyl halides is 1. The van der Waals surface area contributed by atoms with Gasteiger partial charge in [-0.05, 0) is 44.8 Å². The van der Waals surface area contributed by atoms with Crippen molar-refractivity contribution in [1.29, 1.82) is 0 Å². The molecule has 78 valence electrons. The molecule has 6 heteroatoms. The second kappa shape index (κ2) is 5.63. The molecule has 0 saturated heterocycles. The smallest absolute Gasteiger partial charge is 0.261 e. The van der Waals surface area contributed by atoms with Gasteiger partial charge in [-0.1, -0.05) is 15.9 Å². The van der Waals surface area contributed by atoms with Crippen molar-refractivity contribution in [3.05, 3.63) is 19.2 Å². The van der Waals surface area contributed by atoms with E-state index in [2.05, 4.69) is 53.1 Å². The second-order valence-corrected chi connectivity index (χ2v) is 6.63. The van der Waals surface area contributed by atoms with E-state index in [-0.39, 0.29) is 11.9 Å². The fourth-order valence-electron chi connectivity index (χ4n) is 0.792. The van der Waals surface area contributed by atoms with E-state index in [0.29, 0.717) is 4.88 Å². The molecule has 1 rings (SSSR count). The number of amides is 1. The first-order valence-corrected chi connectivity index (χ1v) is 7.38. The quantitative estimate of drug-likeness (QED) is 0.762. The zero-order valence-corrected chi connectivity index (χ0v) is 12.9. The molecule has 0 saturated carbocycles. The summed E-state index contributed by atoms with van der Waals surface area (Å²) >= 11 is 11.4. The number of thiophene rings is 1. The normalized spacial score (nSPS) is 12.6. The van der Waals surface area contributed by atoms with Gasteiger partial charge >= 0.3 is 0 Å². The van der Waals surface area contributed by atoms with Gasteiger partial charge in [0.2, 0.25) is 0 Å². The van der Waals surface area contributed by atoms with Crippen LogP contribution in [0, 0.1) is 0 Å². The van der Waals surface area contributed by atoms with E-state index in [1.807, 2.05) is 13.0 Å². The number of hydrogen-bond acceptors (Lipinski definition) is 2. The predicted octanol–water partition coefficient (Wildman–Crippen LogP) is 3.79. The van der Waals surface area contributed by atoms with Gasteiger partial charge in [-0.25, -0.2) is 0 Å². The fourth-order valence-corrected chi connectivity index (χ4v) is 2.89. The van der Waals surface area contributed by atoms with E-state index >= 15 is 0 Å². The van der Waals surface area contributed by atoms with Gasteiger partial charge in [-0.3, -0.25) is 4.79 Å². The van der Waals surface area contributed by atoms with E-state index in [9.17, 15) is 4.79 Å². The van der Waals surface area contributed by atoms with Crippen molar-refractivity contribution >= 4 is 65.0 Å². The minimum atomic E-state index is -0.0339. The number of nitrogens with one attached hydrogen (secondary N) is 1. The lowest BCUT2D eigenvalue weighted by atomic mass is 10.3. The lowest BCUT2D eigenvalue weighted by Crippen LogP contribution is -2.32. The van der Waals surface area contributed by atoms with Crippen LogP contribution in [0.3, 0.4) is 0 Å². The highest BCUT2D eigenvalue weighted by atomic mass is 79.9. The van der Waals surface area contributed by atoms with E-state index in [1.54, 1.807) is 0 Å². The molecule has 0 spiro atoms. The molecule has 1 atom stereocenters. The van der Waals surface area contributed by atoms with Crippen molar-refractivity contribution < 1.29 is 4.79 Å². The van der Waals surface area contributed by atoms with Crippen LogP contribution in [0.2, 0.25) is 0 Å². The molecular weight excluding hydrogens is 398 g/mol. The Labute approximate surface area is 112 Å². The summed E-state index contributed by atoms with van der Waals surface area (Å²) in [6.45, 7) is 1.95. The summed E-state index contributed by atoms with van der Waals surface area (Å²) < 4.78 is 1.85. The van der Waals surface area contributed by atoms with Crippen LogP contribution in [-0.4, -0.2) is 17.3 Å². The fraction of sp³-hybridized carbons (Fsp3) is 0.375. The zero-order chi connectivity index (χ0) is 10.7. The standard InChI is InChI=1S/C8H8Br3NOS/c1-4(3-9)12-8(13)6-2-5(10)7(11)14-6/h2,4H,3H2,1H3,(H,12,13). The average Bonchev–Trinajstić information content (AvgIpc) is 2.47. The van der Waals surface area contributed by atoms with Gasteiger partial charge in [-0.15, -0.1) is 11.3 Å². The van der Waals surface area contributed by atoms with Crippen LogP contribution in [0.4, 0.5) is 0 Å². The summed E-state index contributed by atoms with van der Waals surface area (Å²) in [7, 11) is 0. The number of carbonyl (C=O) groups excluding carboxylic acids is 1. The molecule has 1 amide bonds. The van der Waals surface area contributed by atoms with Gasteiger partial charge in [0.1, 0.15) is 0 Å². The molecule has 14 heavy (non-hydrogen) atoms. The Morgan fingerprint density at radius 1 is 1.64 bits per heavy atom. The molecule has 0 bridgehead atoms. The molecule has 1 aromatic heterocycles. The van der Waals surface area contributed by atoms with Crippen LogP contribution in [0.1, 0.15) is 16.6 Å². The lowest BCUT2D eigenvalue weighted by Gasteiger charge is -2.08. The van der Waals surface area contributed by atoms with Crippen molar-refractivity contribution in [3.63, 3.8) is 0 Å². The topological polar surface area (TPSA) is 29.1 Å². The molecule has 1 aromatic rings. The Bertz CT molecular complexity index is 320. The SMILES string of the molecule is CC(CBr)NC(=O)c1cc(Br)c(Br)s1. The van der Waals surface area contributed by atoms with Crippen molar-refractivity contribution in [2.75, 3.05) is 5.33 Å². The third-order valence-corrected chi connectivity index (χ3v) is 5.70. The number of carbonyl (C=O) groups is 1. The largest absolute Gasteiger partial charge is 0.348 e. The summed E-state index contributed by atoms with van der Waals surface area (Å²) in [5.74, 6) is -0.0339. The Hall–Kier alpha value is 0.610. The zero-order valence-electron chi connectivity index (χ0n) is 7.31. The molecule has 2 nitrogen and oxygen atoms in total. The van der Waals surface area contributed by atoms with Gasteiger partial charge in [0.15, 0.2) is 0 Å². The molecular formula is C8H8Br3NOS. The first-order valence-electron chi connectivity index (χ1n) is 3.86. The Morgan fingerprint density at radius 3 is 2.71 bits per heavy atom. The maximum Gasteiger partial charge on any atom is 0.261 e. The average molecular weight is 406 g/mol. The van der Waals surface area contributed by atoms with Crippen LogP contribution >= 0.6 is 59.1 Å².